The molecule has 38 heavy (non-hydrogen) atoms. The van der Waals surface area contributed by atoms with Gasteiger partial charge in [-0.05, 0) is 43.5 Å². The molecule has 1 heterocycles. The van der Waals surface area contributed by atoms with Gasteiger partial charge < -0.3 is 4.74 Å². The Labute approximate surface area is 221 Å². The zero-order chi connectivity index (χ0) is 26.6. The Morgan fingerprint density at radius 3 is 2.05 bits per heavy atom. The number of benzene rings is 4. The van der Waals surface area contributed by atoms with E-state index in [0.717, 1.165) is 39.1 Å². The largest absolute Gasteiger partial charge is 0.451 e. The van der Waals surface area contributed by atoms with Gasteiger partial charge in [-0.25, -0.2) is 14.5 Å². The fourth-order valence-electron chi connectivity index (χ4n) is 4.26. The third-order valence-electron chi connectivity index (χ3n) is 6.33. The van der Waals surface area contributed by atoms with E-state index in [9.17, 15) is 9.59 Å². The number of ether oxygens (including phenoxy) is 1. The molecule has 0 saturated carbocycles. The summed E-state index contributed by atoms with van der Waals surface area (Å²) in [5, 5.41) is 4.49. The van der Waals surface area contributed by atoms with Crippen molar-refractivity contribution in [1.29, 1.82) is 0 Å². The van der Waals surface area contributed by atoms with E-state index in [-0.39, 0.29) is 11.6 Å². The number of nitrogens with zero attached hydrogens (tertiary/aromatic N) is 3. The first-order valence-electron chi connectivity index (χ1n) is 12.4. The summed E-state index contributed by atoms with van der Waals surface area (Å²) in [4.78, 5) is 30.2. The van der Waals surface area contributed by atoms with Gasteiger partial charge in [-0.2, -0.15) is 0 Å². The highest BCUT2D eigenvalue weighted by Gasteiger charge is 2.22. The highest BCUT2D eigenvalue weighted by molar-refractivity contribution is 5.99. The monoisotopic (exact) mass is 501 g/mol. The van der Waals surface area contributed by atoms with Crippen LogP contribution in [0.15, 0.2) is 97.1 Å². The number of hydrogen-bond donors (Lipinski definition) is 0. The molecule has 0 atom stereocenters. The lowest BCUT2D eigenvalue weighted by atomic mass is 10.0. The second-order valence-electron chi connectivity index (χ2n) is 9.27. The average molecular weight is 502 g/mol. The Kier molecular flexibility index (Phi) is 6.96. The molecule has 0 fully saturated rings. The summed E-state index contributed by atoms with van der Waals surface area (Å²) in [5.74, 6) is -0.638. The van der Waals surface area contributed by atoms with Crippen molar-refractivity contribution in [1.82, 2.24) is 14.8 Å². The van der Waals surface area contributed by atoms with Crippen LogP contribution in [0.25, 0.3) is 28.2 Å². The quantitative estimate of drug-likeness (QED) is 0.186. The minimum atomic E-state index is -0.754. The Hall–Kier alpha value is -4.84. The van der Waals surface area contributed by atoms with E-state index in [4.69, 9.17) is 4.74 Å². The third-order valence-corrected chi connectivity index (χ3v) is 6.33. The maximum absolute atomic E-state index is 12.9. The van der Waals surface area contributed by atoms with E-state index in [1.807, 2.05) is 99.6 Å². The van der Waals surface area contributed by atoms with E-state index >= 15 is 0 Å². The summed E-state index contributed by atoms with van der Waals surface area (Å²) in [5.41, 5.74) is 7.39. The minimum Gasteiger partial charge on any atom is -0.451 e. The summed E-state index contributed by atoms with van der Waals surface area (Å²) in [6.07, 6.45) is 0. The van der Waals surface area contributed by atoms with Gasteiger partial charge in [0, 0.05) is 11.1 Å². The maximum atomic E-state index is 12.9. The number of rotatable bonds is 7. The zero-order valence-corrected chi connectivity index (χ0v) is 21.5. The molecule has 4 aromatic carbocycles. The van der Waals surface area contributed by atoms with Crippen LogP contribution in [0.3, 0.4) is 0 Å². The molecule has 6 nitrogen and oxygen atoms in total. The SMILES string of the molecule is Cc1ccc(-c2nc(C(=O)OCC(=O)c3ccc(-c4ccccc4)cc3)nn2-c2ccc(C)cc2C)cc1. The topological polar surface area (TPSA) is 74.1 Å². The molecule has 0 radical (unpaired) electrons. The highest BCUT2D eigenvalue weighted by atomic mass is 16.5. The molecule has 6 heteroatoms. The lowest BCUT2D eigenvalue weighted by molar-refractivity contribution is 0.0462. The summed E-state index contributed by atoms with van der Waals surface area (Å²) >= 11 is 0. The van der Waals surface area contributed by atoms with Crippen molar-refractivity contribution in [2.24, 2.45) is 0 Å². The van der Waals surface area contributed by atoms with Crippen molar-refractivity contribution < 1.29 is 14.3 Å². The van der Waals surface area contributed by atoms with Crippen LogP contribution in [-0.2, 0) is 4.74 Å². The van der Waals surface area contributed by atoms with E-state index in [1.165, 1.54) is 0 Å². The lowest BCUT2D eigenvalue weighted by Gasteiger charge is -2.10. The fourth-order valence-corrected chi connectivity index (χ4v) is 4.26. The maximum Gasteiger partial charge on any atom is 0.378 e. The van der Waals surface area contributed by atoms with Gasteiger partial charge in [0.05, 0.1) is 5.69 Å². The molecule has 0 spiro atoms. The van der Waals surface area contributed by atoms with Crippen LogP contribution in [-0.4, -0.2) is 33.1 Å². The summed E-state index contributed by atoms with van der Waals surface area (Å²) < 4.78 is 6.99. The van der Waals surface area contributed by atoms with E-state index in [2.05, 4.69) is 16.1 Å². The van der Waals surface area contributed by atoms with Crippen LogP contribution in [0.1, 0.15) is 37.7 Å². The van der Waals surface area contributed by atoms with Gasteiger partial charge in [0.15, 0.2) is 18.2 Å². The minimum absolute atomic E-state index is 0.104. The first kappa shape index (κ1) is 24.8. The molecule has 0 aliphatic heterocycles. The van der Waals surface area contributed by atoms with Gasteiger partial charge in [-0.15, -0.1) is 5.10 Å². The smallest absolute Gasteiger partial charge is 0.378 e. The van der Waals surface area contributed by atoms with Crippen molar-refractivity contribution in [2.45, 2.75) is 20.8 Å². The fraction of sp³-hybridized carbons (Fsp3) is 0.125. The van der Waals surface area contributed by atoms with Crippen LogP contribution >= 0.6 is 0 Å². The molecule has 0 bridgehead atoms. The van der Waals surface area contributed by atoms with Gasteiger partial charge in [0.2, 0.25) is 0 Å². The molecule has 0 saturated heterocycles. The molecule has 0 amide bonds. The molecule has 0 aliphatic rings. The number of carbonyl (C=O) groups is 2. The predicted molar refractivity (Wildman–Crippen MR) is 147 cm³/mol. The van der Waals surface area contributed by atoms with E-state index in [0.29, 0.717) is 11.4 Å². The number of esters is 1. The van der Waals surface area contributed by atoms with Gasteiger partial charge in [0.25, 0.3) is 5.82 Å². The normalized spacial score (nSPS) is 10.8. The second-order valence-corrected chi connectivity index (χ2v) is 9.27. The van der Waals surface area contributed by atoms with Crippen molar-refractivity contribution in [2.75, 3.05) is 6.61 Å². The molecule has 0 aliphatic carbocycles. The van der Waals surface area contributed by atoms with Crippen molar-refractivity contribution >= 4 is 11.8 Å². The molecular formula is C32H27N3O3. The number of carbonyl (C=O) groups excluding carboxylic acids is 2. The van der Waals surface area contributed by atoms with Crippen LogP contribution < -0.4 is 0 Å². The standard InChI is InChI=1S/C32H27N3O3/c1-21-9-12-27(13-10-21)31-33-30(34-35(31)28-18-11-22(2)19-23(28)3)32(37)38-20-29(36)26-16-14-25(15-17-26)24-7-5-4-6-8-24/h4-19H,20H2,1-3H3. The summed E-state index contributed by atoms with van der Waals surface area (Å²) in [6, 6.07) is 31.0. The van der Waals surface area contributed by atoms with Crippen LogP contribution in [0.2, 0.25) is 0 Å². The first-order chi connectivity index (χ1) is 18.4. The van der Waals surface area contributed by atoms with Gasteiger partial charge in [-0.3, -0.25) is 4.79 Å². The molecule has 1 aromatic heterocycles. The Morgan fingerprint density at radius 2 is 1.37 bits per heavy atom. The summed E-state index contributed by atoms with van der Waals surface area (Å²) in [7, 11) is 0. The number of aryl methyl sites for hydroxylation is 3. The van der Waals surface area contributed by atoms with Crippen molar-refractivity contribution in [3.05, 3.63) is 125 Å². The second kappa shape index (κ2) is 10.6. The number of hydrogen-bond acceptors (Lipinski definition) is 5. The zero-order valence-electron chi connectivity index (χ0n) is 21.5. The van der Waals surface area contributed by atoms with Gasteiger partial charge in [-0.1, -0.05) is 102 Å². The summed E-state index contributed by atoms with van der Waals surface area (Å²) in [6.45, 7) is 5.62. The molecule has 5 aromatic rings. The number of aromatic nitrogens is 3. The third kappa shape index (κ3) is 5.30. The van der Waals surface area contributed by atoms with E-state index < -0.39 is 12.6 Å². The Morgan fingerprint density at radius 1 is 0.737 bits per heavy atom. The molecule has 188 valence electrons. The Balaban J connectivity index is 1.36. The number of Topliss-reactive ketones (excluding diaryl/α,β-unsaturated/α-hetero) is 1. The Bertz CT molecular complexity index is 1600. The average Bonchev–Trinajstić information content (AvgIpc) is 3.38. The lowest BCUT2D eigenvalue weighted by Crippen LogP contribution is -2.15. The number of ketones is 1. The molecular weight excluding hydrogens is 474 g/mol. The highest BCUT2D eigenvalue weighted by Crippen LogP contribution is 2.25. The van der Waals surface area contributed by atoms with Gasteiger partial charge >= 0.3 is 5.97 Å². The van der Waals surface area contributed by atoms with Crippen LogP contribution in [0, 0.1) is 20.8 Å². The molecule has 0 N–H and O–H groups in total. The molecule has 0 unspecified atom stereocenters. The van der Waals surface area contributed by atoms with Crippen molar-refractivity contribution in [3.63, 3.8) is 0 Å². The van der Waals surface area contributed by atoms with E-state index in [1.54, 1.807) is 16.8 Å². The first-order valence-corrected chi connectivity index (χ1v) is 12.4. The van der Waals surface area contributed by atoms with Crippen LogP contribution in [0.5, 0.6) is 0 Å². The predicted octanol–water partition coefficient (Wildman–Crippen LogP) is 6.57. The van der Waals surface area contributed by atoms with Gasteiger partial charge in [0.1, 0.15) is 0 Å². The van der Waals surface area contributed by atoms with Crippen LogP contribution in [0.4, 0.5) is 0 Å². The van der Waals surface area contributed by atoms with Crippen molar-refractivity contribution in [3.8, 4) is 28.2 Å². The molecule has 5 rings (SSSR count).